The van der Waals surface area contributed by atoms with E-state index in [0.29, 0.717) is 19.7 Å². The van der Waals surface area contributed by atoms with Crippen LogP contribution < -0.4 is 5.32 Å². The molecule has 3 rings (SSSR count). The second-order valence-electron chi connectivity index (χ2n) is 6.10. The summed E-state index contributed by atoms with van der Waals surface area (Å²) < 4.78 is 11.6. The molecule has 5 nitrogen and oxygen atoms in total. The van der Waals surface area contributed by atoms with Crippen LogP contribution in [-0.4, -0.2) is 55.3 Å². The Morgan fingerprint density at radius 1 is 1.22 bits per heavy atom. The summed E-state index contributed by atoms with van der Waals surface area (Å²) >= 11 is 0. The van der Waals surface area contributed by atoms with Crippen molar-refractivity contribution in [3.63, 3.8) is 0 Å². The van der Waals surface area contributed by atoms with E-state index in [2.05, 4.69) is 17.4 Å². The van der Waals surface area contributed by atoms with Gasteiger partial charge in [-0.15, -0.1) is 12.4 Å². The molecule has 0 bridgehead atoms. The Morgan fingerprint density at radius 2 is 1.96 bits per heavy atom. The Balaban J connectivity index is 0.00000192. The van der Waals surface area contributed by atoms with Crippen LogP contribution in [0.4, 0.5) is 0 Å². The van der Waals surface area contributed by atoms with Crippen LogP contribution in [0.15, 0.2) is 30.3 Å². The lowest BCUT2D eigenvalue weighted by atomic mass is 10.0. The van der Waals surface area contributed by atoms with Crippen LogP contribution in [0.1, 0.15) is 25.5 Å². The third-order valence-electron chi connectivity index (χ3n) is 4.33. The predicted octanol–water partition coefficient (Wildman–Crippen LogP) is 1.77. The Hall–Kier alpha value is -1.14. The predicted molar refractivity (Wildman–Crippen MR) is 90.8 cm³/mol. The zero-order chi connectivity index (χ0) is 15.5. The van der Waals surface area contributed by atoms with Crippen LogP contribution in [0.3, 0.4) is 0 Å². The number of nitrogens with zero attached hydrogens (tertiary/aromatic N) is 1. The smallest absolute Gasteiger partial charge is 0.242 e. The quantitative estimate of drug-likeness (QED) is 0.891. The van der Waals surface area contributed by atoms with Gasteiger partial charge in [-0.25, -0.2) is 0 Å². The van der Waals surface area contributed by atoms with Crippen molar-refractivity contribution < 1.29 is 14.3 Å². The monoisotopic (exact) mass is 340 g/mol. The summed E-state index contributed by atoms with van der Waals surface area (Å²) in [5.74, 6) is 0.114. The molecule has 2 aliphatic rings. The highest BCUT2D eigenvalue weighted by Crippen LogP contribution is 2.26. The molecular weight excluding hydrogens is 316 g/mol. The average Bonchev–Trinajstić information content (AvgIpc) is 2.55. The summed E-state index contributed by atoms with van der Waals surface area (Å²) in [4.78, 5) is 14.7. The van der Waals surface area contributed by atoms with E-state index in [4.69, 9.17) is 9.47 Å². The van der Waals surface area contributed by atoms with Gasteiger partial charge in [0.2, 0.25) is 5.91 Å². The van der Waals surface area contributed by atoms with Gasteiger partial charge in [0.1, 0.15) is 12.1 Å². The van der Waals surface area contributed by atoms with Crippen molar-refractivity contribution in [3.05, 3.63) is 35.9 Å². The number of amides is 1. The summed E-state index contributed by atoms with van der Waals surface area (Å²) in [6.07, 6.45) is -0.119. The Labute approximate surface area is 143 Å². The lowest BCUT2D eigenvalue weighted by Gasteiger charge is -2.40. The van der Waals surface area contributed by atoms with Crippen LogP contribution in [0.25, 0.3) is 0 Å². The summed E-state index contributed by atoms with van der Waals surface area (Å²) in [6.45, 7) is 6.59. The molecule has 1 aromatic rings. The molecule has 128 valence electrons. The molecule has 2 aliphatic heterocycles. The number of carbonyl (C=O) groups is 1. The van der Waals surface area contributed by atoms with Crippen LogP contribution in [0, 0.1) is 0 Å². The van der Waals surface area contributed by atoms with Gasteiger partial charge in [0.25, 0.3) is 0 Å². The second-order valence-corrected chi connectivity index (χ2v) is 6.10. The summed E-state index contributed by atoms with van der Waals surface area (Å²) in [7, 11) is 0. The number of benzene rings is 1. The first-order valence-electron chi connectivity index (χ1n) is 7.99. The van der Waals surface area contributed by atoms with Gasteiger partial charge >= 0.3 is 0 Å². The van der Waals surface area contributed by atoms with Crippen molar-refractivity contribution >= 4 is 18.3 Å². The maximum absolute atomic E-state index is 12.8. The molecule has 2 heterocycles. The Bertz CT molecular complexity index is 514. The van der Waals surface area contributed by atoms with Crippen LogP contribution in [0.5, 0.6) is 0 Å². The van der Waals surface area contributed by atoms with Crippen molar-refractivity contribution in [3.8, 4) is 0 Å². The molecule has 0 aromatic heterocycles. The van der Waals surface area contributed by atoms with E-state index in [0.717, 1.165) is 12.1 Å². The first-order valence-corrected chi connectivity index (χ1v) is 7.99. The number of nitrogens with one attached hydrogen (secondary N) is 1. The normalized spacial score (nSPS) is 31.3. The first-order chi connectivity index (χ1) is 10.6. The topological polar surface area (TPSA) is 50.8 Å². The minimum absolute atomic E-state index is 0. The highest BCUT2D eigenvalue weighted by Gasteiger charge is 2.36. The second kappa shape index (κ2) is 8.11. The average molecular weight is 341 g/mol. The standard InChI is InChI=1S/C17H24N2O3.ClH/c1-12-10-19(17(20)16-13(2)21-9-8-18-16)11-15(22-12)14-6-4-3-5-7-14;/h3-7,12-13,15-16,18H,8-11H2,1-2H3;1H/t12?,13-,15?,16+;/m1./s1. The number of carbonyl (C=O) groups excluding carboxylic acids is 1. The molecule has 0 aliphatic carbocycles. The minimum atomic E-state index is -0.254. The van der Waals surface area contributed by atoms with Crippen LogP contribution in [0.2, 0.25) is 0 Å². The van der Waals surface area contributed by atoms with E-state index in [-0.39, 0.29) is 42.7 Å². The maximum Gasteiger partial charge on any atom is 0.242 e. The number of hydrogen-bond donors (Lipinski definition) is 1. The van der Waals surface area contributed by atoms with Crippen LogP contribution in [-0.2, 0) is 14.3 Å². The zero-order valence-corrected chi connectivity index (χ0v) is 14.4. The van der Waals surface area contributed by atoms with Crippen molar-refractivity contribution in [2.45, 2.75) is 38.2 Å². The fourth-order valence-corrected chi connectivity index (χ4v) is 3.19. The van der Waals surface area contributed by atoms with E-state index in [1.54, 1.807) is 0 Å². The molecule has 2 fully saturated rings. The lowest BCUT2D eigenvalue weighted by Crippen LogP contribution is -2.59. The van der Waals surface area contributed by atoms with Gasteiger partial charge in [-0.2, -0.15) is 0 Å². The molecule has 2 unspecified atom stereocenters. The van der Waals surface area contributed by atoms with Gasteiger partial charge in [-0.05, 0) is 19.4 Å². The molecule has 4 atom stereocenters. The van der Waals surface area contributed by atoms with Gasteiger partial charge in [-0.3, -0.25) is 4.79 Å². The molecular formula is C17H25ClN2O3. The third kappa shape index (κ3) is 4.23. The van der Waals surface area contributed by atoms with Crippen molar-refractivity contribution in [1.29, 1.82) is 0 Å². The molecule has 0 saturated carbocycles. The van der Waals surface area contributed by atoms with Gasteiger partial charge in [0, 0.05) is 13.1 Å². The summed E-state index contributed by atoms with van der Waals surface area (Å²) in [6, 6.07) is 9.84. The summed E-state index contributed by atoms with van der Waals surface area (Å²) in [5, 5.41) is 3.28. The van der Waals surface area contributed by atoms with Crippen LogP contribution >= 0.6 is 12.4 Å². The number of ether oxygens (including phenoxy) is 2. The minimum Gasteiger partial charge on any atom is -0.375 e. The van der Waals surface area contributed by atoms with Crippen molar-refractivity contribution in [2.24, 2.45) is 0 Å². The zero-order valence-electron chi connectivity index (χ0n) is 13.6. The van der Waals surface area contributed by atoms with E-state index in [9.17, 15) is 4.79 Å². The fraction of sp³-hybridized carbons (Fsp3) is 0.588. The largest absolute Gasteiger partial charge is 0.375 e. The SMILES string of the molecule is CC1CN(C(=O)[C@H]2NCCO[C@@H]2C)CC(c2ccccc2)O1.Cl. The van der Waals surface area contributed by atoms with E-state index >= 15 is 0 Å². The molecule has 2 saturated heterocycles. The van der Waals surface area contributed by atoms with Gasteiger partial charge in [0.05, 0.1) is 25.4 Å². The first kappa shape index (κ1) is 18.2. The van der Waals surface area contributed by atoms with E-state index in [1.165, 1.54) is 0 Å². The Morgan fingerprint density at radius 3 is 2.65 bits per heavy atom. The molecule has 23 heavy (non-hydrogen) atoms. The van der Waals surface area contributed by atoms with Crippen molar-refractivity contribution in [2.75, 3.05) is 26.2 Å². The Kier molecular flexibility index (Phi) is 6.41. The van der Waals surface area contributed by atoms with Gasteiger partial charge < -0.3 is 19.7 Å². The van der Waals surface area contributed by atoms with E-state index in [1.807, 2.05) is 36.9 Å². The molecule has 1 aromatic carbocycles. The molecule has 0 radical (unpaired) electrons. The lowest BCUT2D eigenvalue weighted by molar-refractivity contribution is -0.152. The van der Waals surface area contributed by atoms with E-state index < -0.39 is 0 Å². The number of halogens is 1. The number of morpholine rings is 2. The molecule has 6 heteroatoms. The number of hydrogen-bond acceptors (Lipinski definition) is 4. The highest BCUT2D eigenvalue weighted by atomic mass is 35.5. The summed E-state index contributed by atoms with van der Waals surface area (Å²) in [5.41, 5.74) is 1.12. The molecule has 0 spiro atoms. The molecule has 1 N–H and O–H groups in total. The number of rotatable bonds is 2. The van der Waals surface area contributed by atoms with Gasteiger partial charge in [-0.1, -0.05) is 30.3 Å². The maximum atomic E-state index is 12.8. The third-order valence-corrected chi connectivity index (χ3v) is 4.33. The molecule has 1 amide bonds. The van der Waals surface area contributed by atoms with Gasteiger partial charge in [0.15, 0.2) is 0 Å². The fourth-order valence-electron chi connectivity index (χ4n) is 3.19. The highest BCUT2D eigenvalue weighted by molar-refractivity contribution is 5.85. The van der Waals surface area contributed by atoms with Crippen molar-refractivity contribution in [1.82, 2.24) is 10.2 Å².